The largest absolute Gasteiger partial charge is 0.325 e. The Morgan fingerprint density at radius 1 is 1.10 bits per heavy atom. The first-order valence-corrected chi connectivity index (χ1v) is 11.1. The van der Waals surface area contributed by atoms with Crippen LogP contribution in [-0.4, -0.2) is 44.8 Å². The maximum atomic E-state index is 13.0. The minimum atomic E-state index is -3.72. The van der Waals surface area contributed by atoms with Gasteiger partial charge in [0.25, 0.3) is 0 Å². The summed E-state index contributed by atoms with van der Waals surface area (Å²) < 4.78 is 40.6. The number of nitrogens with one attached hydrogen (secondary N) is 2. The van der Waals surface area contributed by atoms with Gasteiger partial charge in [0.05, 0.1) is 4.90 Å². The first-order valence-electron chi connectivity index (χ1n) is 9.67. The van der Waals surface area contributed by atoms with E-state index in [1.165, 1.54) is 43.3 Å². The number of Topliss-reactive ketones (excluding diaryl/α,β-unsaturated/α-hetero) is 1. The van der Waals surface area contributed by atoms with Gasteiger partial charge in [0.2, 0.25) is 10.0 Å². The third-order valence-corrected chi connectivity index (χ3v) is 6.53. The molecule has 0 aromatic heterocycles. The summed E-state index contributed by atoms with van der Waals surface area (Å²) in [6.07, 6.45) is 1.32. The molecule has 9 heteroatoms. The average Bonchev–Trinajstić information content (AvgIpc) is 2.74. The van der Waals surface area contributed by atoms with Gasteiger partial charge in [-0.2, -0.15) is 0 Å². The van der Waals surface area contributed by atoms with E-state index in [0.717, 1.165) is 0 Å². The second-order valence-corrected chi connectivity index (χ2v) is 9.07. The number of carbonyl (C=O) groups excluding carboxylic acids is 2. The van der Waals surface area contributed by atoms with Crippen LogP contribution in [0.3, 0.4) is 0 Å². The van der Waals surface area contributed by atoms with Gasteiger partial charge in [-0.25, -0.2) is 22.3 Å². The maximum Gasteiger partial charge on any atom is 0.321 e. The highest BCUT2D eigenvalue weighted by atomic mass is 32.2. The molecule has 0 unspecified atom stereocenters. The van der Waals surface area contributed by atoms with Crippen molar-refractivity contribution in [3.05, 3.63) is 59.9 Å². The highest BCUT2D eigenvalue weighted by Crippen LogP contribution is 2.19. The number of ketones is 1. The quantitative estimate of drug-likeness (QED) is 0.684. The molecule has 7 nitrogen and oxygen atoms in total. The van der Waals surface area contributed by atoms with Crippen molar-refractivity contribution < 1.29 is 22.4 Å². The minimum Gasteiger partial charge on any atom is -0.325 e. The molecular weight excluding hydrogens is 409 g/mol. The molecule has 0 aliphatic carbocycles. The zero-order chi connectivity index (χ0) is 21.7. The second-order valence-electron chi connectivity index (χ2n) is 7.30. The van der Waals surface area contributed by atoms with E-state index in [2.05, 4.69) is 10.0 Å². The number of carbonyl (C=O) groups is 2. The summed E-state index contributed by atoms with van der Waals surface area (Å²) in [5.41, 5.74) is 0.863. The van der Waals surface area contributed by atoms with Crippen molar-refractivity contribution >= 4 is 27.5 Å². The molecule has 160 valence electrons. The molecule has 1 saturated heterocycles. The van der Waals surface area contributed by atoms with Crippen LogP contribution in [0.25, 0.3) is 0 Å². The molecule has 1 aliphatic rings. The Balaban J connectivity index is 1.49. The third kappa shape index (κ3) is 5.64. The zero-order valence-electron chi connectivity index (χ0n) is 16.6. The summed E-state index contributed by atoms with van der Waals surface area (Å²) in [5.74, 6) is -0.465. The van der Waals surface area contributed by atoms with E-state index in [4.69, 9.17) is 0 Å². The van der Waals surface area contributed by atoms with E-state index in [1.54, 1.807) is 17.0 Å². The lowest BCUT2D eigenvalue weighted by molar-refractivity contribution is 0.101. The summed E-state index contributed by atoms with van der Waals surface area (Å²) in [7, 11) is -3.72. The van der Waals surface area contributed by atoms with Gasteiger partial charge in [0.1, 0.15) is 5.82 Å². The Morgan fingerprint density at radius 2 is 1.77 bits per heavy atom. The van der Waals surface area contributed by atoms with Crippen molar-refractivity contribution in [2.45, 2.75) is 24.7 Å². The number of benzene rings is 2. The predicted molar refractivity (Wildman–Crippen MR) is 111 cm³/mol. The average molecular weight is 434 g/mol. The molecule has 1 aliphatic heterocycles. The van der Waals surface area contributed by atoms with Crippen LogP contribution < -0.4 is 10.0 Å². The highest BCUT2D eigenvalue weighted by molar-refractivity contribution is 7.89. The van der Waals surface area contributed by atoms with E-state index in [0.29, 0.717) is 37.2 Å². The fourth-order valence-corrected chi connectivity index (χ4v) is 4.43. The topological polar surface area (TPSA) is 95.6 Å². The van der Waals surface area contributed by atoms with Crippen LogP contribution in [0.5, 0.6) is 0 Å². The molecule has 2 amide bonds. The molecule has 0 radical (unpaired) electrons. The van der Waals surface area contributed by atoms with Gasteiger partial charge < -0.3 is 10.2 Å². The Labute approximate surface area is 175 Å². The van der Waals surface area contributed by atoms with Crippen molar-refractivity contribution in [3.63, 3.8) is 0 Å². The number of piperidine rings is 1. The molecule has 0 saturated carbocycles. The number of likely N-dealkylation sites (tertiary alicyclic amines) is 1. The molecule has 2 N–H and O–H groups in total. The van der Waals surface area contributed by atoms with E-state index in [-0.39, 0.29) is 35.0 Å². The highest BCUT2D eigenvalue weighted by Gasteiger charge is 2.24. The van der Waals surface area contributed by atoms with Crippen LogP contribution in [0.4, 0.5) is 14.9 Å². The van der Waals surface area contributed by atoms with Crippen molar-refractivity contribution in [3.8, 4) is 0 Å². The fourth-order valence-electron chi connectivity index (χ4n) is 3.27. The van der Waals surface area contributed by atoms with E-state index < -0.39 is 10.0 Å². The Kier molecular flexibility index (Phi) is 6.84. The monoisotopic (exact) mass is 433 g/mol. The molecule has 0 spiro atoms. The van der Waals surface area contributed by atoms with Gasteiger partial charge in [-0.15, -0.1) is 0 Å². The first kappa shape index (κ1) is 21.9. The van der Waals surface area contributed by atoms with Gasteiger partial charge in [0, 0.05) is 30.9 Å². The van der Waals surface area contributed by atoms with Gasteiger partial charge in [-0.3, -0.25) is 4.79 Å². The summed E-state index contributed by atoms with van der Waals surface area (Å²) in [4.78, 5) is 25.5. The third-order valence-electron chi connectivity index (χ3n) is 5.11. The zero-order valence-corrected chi connectivity index (χ0v) is 17.4. The van der Waals surface area contributed by atoms with Crippen LogP contribution in [0.2, 0.25) is 0 Å². The van der Waals surface area contributed by atoms with Gasteiger partial charge in [-0.05, 0) is 62.1 Å². The number of nitrogens with zero attached hydrogens (tertiary/aromatic N) is 1. The summed E-state index contributed by atoms with van der Waals surface area (Å²) in [5, 5.41) is 2.73. The number of hydrogen-bond acceptors (Lipinski definition) is 4. The molecular formula is C21H24FN3O4S. The van der Waals surface area contributed by atoms with Gasteiger partial charge >= 0.3 is 6.03 Å². The number of amides is 2. The lowest BCUT2D eigenvalue weighted by Gasteiger charge is -2.32. The van der Waals surface area contributed by atoms with Crippen molar-refractivity contribution in [1.29, 1.82) is 0 Å². The number of hydrogen-bond donors (Lipinski definition) is 2. The Hall–Kier alpha value is -2.78. The van der Waals surface area contributed by atoms with Crippen molar-refractivity contribution in [2.75, 3.05) is 25.0 Å². The summed E-state index contributed by atoms with van der Waals surface area (Å²) >= 11 is 0. The number of urea groups is 1. The lowest BCUT2D eigenvalue weighted by atomic mass is 9.97. The second kappa shape index (κ2) is 9.36. The molecule has 3 rings (SSSR count). The van der Waals surface area contributed by atoms with E-state index in [1.807, 2.05) is 0 Å². The number of rotatable bonds is 6. The van der Waals surface area contributed by atoms with Crippen LogP contribution in [0.15, 0.2) is 53.4 Å². The standard InChI is InChI=1S/C21H24FN3O4S/c1-15(26)17-3-2-4-20(13-17)30(28,29)23-14-16-9-11-25(12-10-16)21(27)24-19-7-5-18(22)6-8-19/h2-8,13,16,23H,9-12,14H2,1H3,(H,24,27). The van der Waals surface area contributed by atoms with Crippen LogP contribution >= 0.6 is 0 Å². The molecule has 0 atom stereocenters. The number of halogens is 1. The molecule has 1 heterocycles. The lowest BCUT2D eigenvalue weighted by Crippen LogP contribution is -2.43. The number of anilines is 1. The Bertz CT molecular complexity index is 1020. The normalized spacial score (nSPS) is 15.1. The van der Waals surface area contributed by atoms with E-state index in [9.17, 15) is 22.4 Å². The fraction of sp³-hybridized carbons (Fsp3) is 0.333. The smallest absolute Gasteiger partial charge is 0.321 e. The molecule has 1 fully saturated rings. The van der Waals surface area contributed by atoms with Crippen LogP contribution in [-0.2, 0) is 10.0 Å². The van der Waals surface area contributed by atoms with Gasteiger partial charge in [0.15, 0.2) is 5.78 Å². The molecule has 2 aromatic rings. The van der Waals surface area contributed by atoms with E-state index >= 15 is 0 Å². The molecule has 0 bridgehead atoms. The SMILES string of the molecule is CC(=O)c1cccc(S(=O)(=O)NCC2CCN(C(=O)Nc3ccc(F)cc3)CC2)c1. The summed E-state index contributed by atoms with van der Waals surface area (Å²) in [6.45, 7) is 2.65. The first-order chi connectivity index (χ1) is 14.2. The summed E-state index contributed by atoms with van der Waals surface area (Å²) in [6, 6.07) is 11.2. The van der Waals surface area contributed by atoms with Crippen LogP contribution in [0.1, 0.15) is 30.1 Å². The van der Waals surface area contributed by atoms with Crippen molar-refractivity contribution in [1.82, 2.24) is 9.62 Å². The van der Waals surface area contributed by atoms with Gasteiger partial charge in [-0.1, -0.05) is 12.1 Å². The molecule has 2 aromatic carbocycles. The minimum absolute atomic E-state index is 0.0614. The molecule has 30 heavy (non-hydrogen) atoms. The Morgan fingerprint density at radius 3 is 2.40 bits per heavy atom. The number of sulfonamides is 1. The van der Waals surface area contributed by atoms with Crippen molar-refractivity contribution in [2.24, 2.45) is 5.92 Å². The predicted octanol–water partition coefficient (Wildman–Crippen LogP) is 3.25. The van der Waals surface area contributed by atoms with Crippen LogP contribution in [0, 0.1) is 11.7 Å². The maximum absolute atomic E-state index is 13.0.